The number of likely N-dealkylation sites (N-methyl/N-ethyl adjacent to an activating group) is 1. The van der Waals surface area contributed by atoms with Gasteiger partial charge in [-0.2, -0.15) is 0 Å². The highest BCUT2D eigenvalue weighted by Gasteiger charge is 2.31. The van der Waals surface area contributed by atoms with E-state index in [0.29, 0.717) is 19.3 Å². The zero-order valence-electron chi connectivity index (χ0n) is 26.2. The third-order valence-electron chi connectivity index (χ3n) is 6.26. The molecule has 2 unspecified atom stereocenters. The van der Waals surface area contributed by atoms with Crippen LogP contribution in [0.15, 0.2) is 48.6 Å². The van der Waals surface area contributed by atoms with E-state index in [9.17, 15) is 19.5 Å². The van der Waals surface area contributed by atoms with Crippen LogP contribution in [-0.4, -0.2) is 80.6 Å². The SMILES string of the molecule is CC/C=C\C/C=C\C/C=C\C/C=C\CCC(=O)OC(COCCC(C(=O)O)[N+](C)(C)C)COC(=O)CCCCCC. The minimum atomic E-state index is -0.892. The van der Waals surface area contributed by atoms with Gasteiger partial charge in [-0.1, -0.05) is 81.7 Å². The van der Waals surface area contributed by atoms with E-state index >= 15 is 0 Å². The number of carbonyl (C=O) groups is 3. The number of ether oxygens (including phenoxy) is 3. The summed E-state index contributed by atoms with van der Waals surface area (Å²) in [4.78, 5) is 36.1. The summed E-state index contributed by atoms with van der Waals surface area (Å²) >= 11 is 0. The van der Waals surface area contributed by atoms with Crippen molar-refractivity contribution in [3.05, 3.63) is 48.6 Å². The molecule has 0 fully saturated rings. The Kier molecular flexibility index (Phi) is 23.4. The largest absolute Gasteiger partial charge is 0.477 e. The van der Waals surface area contributed by atoms with Gasteiger partial charge in [0.05, 0.1) is 34.4 Å². The summed E-state index contributed by atoms with van der Waals surface area (Å²) in [5.41, 5.74) is 0. The number of aliphatic carboxylic acids is 1. The highest BCUT2D eigenvalue weighted by atomic mass is 16.6. The molecule has 0 aliphatic heterocycles. The number of allylic oxidation sites excluding steroid dienone is 8. The number of quaternary nitrogens is 1. The van der Waals surface area contributed by atoms with Crippen molar-refractivity contribution in [1.82, 2.24) is 0 Å². The molecular formula is C33H56NO7+. The highest BCUT2D eigenvalue weighted by Crippen LogP contribution is 2.10. The Labute approximate surface area is 248 Å². The molecule has 0 saturated carbocycles. The zero-order chi connectivity index (χ0) is 30.8. The molecule has 1 N–H and O–H groups in total. The quantitative estimate of drug-likeness (QED) is 0.0567. The van der Waals surface area contributed by atoms with Crippen LogP contribution in [0.1, 0.15) is 90.9 Å². The van der Waals surface area contributed by atoms with E-state index in [1.807, 2.05) is 33.3 Å². The Morgan fingerprint density at radius 2 is 1.37 bits per heavy atom. The van der Waals surface area contributed by atoms with Crippen molar-refractivity contribution in [1.29, 1.82) is 0 Å². The summed E-state index contributed by atoms with van der Waals surface area (Å²) in [5.74, 6) is -1.61. The van der Waals surface area contributed by atoms with E-state index in [2.05, 4.69) is 50.3 Å². The van der Waals surface area contributed by atoms with Crippen molar-refractivity contribution in [3.63, 3.8) is 0 Å². The fourth-order valence-corrected chi connectivity index (χ4v) is 3.87. The molecule has 41 heavy (non-hydrogen) atoms. The van der Waals surface area contributed by atoms with Crippen LogP contribution >= 0.6 is 0 Å². The van der Waals surface area contributed by atoms with Crippen LogP contribution in [0.25, 0.3) is 0 Å². The summed E-state index contributed by atoms with van der Waals surface area (Å²) in [5, 5.41) is 9.49. The second-order valence-electron chi connectivity index (χ2n) is 11.0. The average Bonchev–Trinajstić information content (AvgIpc) is 2.91. The summed E-state index contributed by atoms with van der Waals surface area (Å²) in [6.45, 7) is 4.37. The van der Waals surface area contributed by atoms with Gasteiger partial charge >= 0.3 is 17.9 Å². The van der Waals surface area contributed by atoms with Gasteiger partial charge in [0.2, 0.25) is 0 Å². The molecule has 0 aromatic heterocycles. The minimum absolute atomic E-state index is 0.0301. The topological polar surface area (TPSA) is 99.1 Å². The fourth-order valence-electron chi connectivity index (χ4n) is 3.87. The monoisotopic (exact) mass is 578 g/mol. The Hall–Kier alpha value is -2.71. The van der Waals surface area contributed by atoms with Gasteiger partial charge in [-0.3, -0.25) is 9.59 Å². The molecule has 0 amide bonds. The minimum Gasteiger partial charge on any atom is -0.477 e. The maximum atomic E-state index is 12.4. The second-order valence-corrected chi connectivity index (χ2v) is 11.0. The van der Waals surface area contributed by atoms with Crippen LogP contribution in [-0.2, 0) is 28.6 Å². The first-order chi connectivity index (χ1) is 19.6. The number of hydrogen-bond donors (Lipinski definition) is 1. The molecule has 0 aromatic carbocycles. The van der Waals surface area contributed by atoms with Gasteiger partial charge < -0.3 is 23.8 Å². The molecule has 0 aliphatic rings. The predicted molar refractivity (Wildman–Crippen MR) is 164 cm³/mol. The number of carboxylic acid groups (broad SMARTS) is 1. The third kappa shape index (κ3) is 23.7. The van der Waals surface area contributed by atoms with Gasteiger partial charge in [0.15, 0.2) is 12.1 Å². The number of nitrogens with zero attached hydrogens (tertiary/aromatic N) is 1. The molecule has 0 aliphatic carbocycles. The average molecular weight is 579 g/mol. The van der Waals surface area contributed by atoms with Crippen LogP contribution < -0.4 is 0 Å². The second kappa shape index (κ2) is 25.0. The van der Waals surface area contributed by atoms with E-state index in [4.69, 9.17) is 14.2 Å². The van der Waals surface area contributed by atoms with Gasteiger partial charge in [0, 0.05) is 19.3 Å². The lowest BCUT2D eigenvalue weighted by Crippen LogP contribution is -2.50. The van der Waals surface area contributed by atoms with Crippen molar-refractivity contribution in [2.45, 2.75) is 103 Å². The number of unbranched alkanes of at least 4 members (excludes halogenated alkanes) is 3. The molecule has 0 bridgehead atoms. The number of rotatable bonds is 25. The first-order valence-corrected chi connectivity index (χ1v) is 15.2. The molecule has 0 rings (SSSR count). The molecule has 0 aromatic rings. The van der Waals surface area contributed by atoms with Crippen LogP contribution in [0.2, 0.25) is 0 Å². The Morgan fingerprint density at radius 3 is 1.93 bits per heavy atom. The first kappa shape index (κ1) is 38.3. The van der Waals surface area contributed by atoms with E-state index in [1.54, 1.807) is 0 Å². The van der Waals surface area contributed by atoms with Crippen LogP contribution in [0.4, 0.5) is 0 Å². The molecule has 0 saturated heterocycles. The highest BCUT2D eigenvalue weighted by molar-refractivity contribution is 5.72. The zero-order valence-corrected chi connectivity index (χ0v) is 26.2. The van der Waals surface area contributed by atoms with Crippen LogP contribution in [0.3, 0.4) is 0 Å². The molecular weight excluding hydrogens is 522 g/mol. The van der Waals surface area contributed by atoms with Crippen molar-refractivity contribution in [3.8, 4) is 0 Å². The normalized spacial score (nSPS) is 13.9. The van der Waals surface area contributed by atoms with Crippen molar-refractivity contribution in [2.24, 2.45) is 0 Å². The first-order valence-electron chi connectivity index (χ1n) is 15.2. The summed E-state index contributed by atoms with van der Waals surface area (Å²) < 4.78 is 16.8. The van der Waals surface area contributed by atoms with Gasteiger partial charge in [-0.25, -0.2) is 4.79 Å². The maximum Gasteiger partial charge on any atom is 0.362 e. The number of carboxylic acids is 1. The lowest BCUT2D eigenvalue weighted by Gasteiger charge is -2.31. The van der Waals surface area contributed by atoms with Crippen molar-refractivity contribution < 1.29 is 38.2 Å². The third-order valence-corrected chi connectivity index (χ3v) is 6.26. The summed E-state index contributed by atoms with van der Waals surface area (Å²) in [6, 6.07) is -0.622. The molecule has 8 heteroatoms. The number of esters is 2. The van der Waals surface area contributed by atoms with Crippen LogP contribution in [0, 0.1) is 0 Å². The standard InChI is InChI=1S/C33H55NO7/c1-6-8-10-12-13-14-15-16-17-18-19-20-22-24-32(36)41-29(28-40-31(35)23-21-11-9-7-2)27-39-26-25-30(33(37)38)34(3,4)5/h8,10,13-14,16-17,19-20,29-30H,6-7,9,11-12,15,18,21-28H2,1-5H3/p+1/b10-8-,14-13-,17-16-,20-19-. The van der Waals surface area contributed by atoms with Crippen molar-refractivity contribution >= 4 is 17.9 Å². The predicted octanol–water partition coefficient (Wildman–Crippen LogP) is 6.56. The van der Waals surface area contributed by atoms with Crippen LogP contribution in [0.5, 0.6) is 0 Å². The molecule has 0 heterocycles. The van der Waals surface area contributed by atoms with Gasteiger partial charge in [0.1, 0.15) is 6.61 Å². The number of hydrogen-bond acceptors (Lipinski definition) is 6. The smallest absolute Gasteiger partial charge is 0.362 e. The lowest BCUT2D eigenvalue weighted by atomic mass is 10.1. The molecule has 0 spiro atoms. The summed E-state index contributed by atoms with van der Waals surface area (Å²) in [6.07, 6.45) is 25.1. The van der Waals surface area contributed by atoms with Crippen molar-refractivity contribution in [2.75, 3.05) is 41.0 Å². The van der Waals surface area contributed by atoms with E-state index in [1.165, 1.54) is 0 Å². The van der Waals surface area contributed by atoms with E-state index in [0.717, 1.165) is 51.4 Å². The molecule has 8 nitrogen and oxygen atoms in total. The fraction of sp³-hybridized carbons (Fsp3) is 0.667. The molecule has 234 valence electrons. The van der Waals surface area contributed by atoms with E-state index < -0.39 is 24.1 Å². The Bertz CT molecular complexity index is 824. The molecule has 2 atom stereocenters. The van der Waals surface area contributed by atoms with E-state index in [-0.39, 0.29) is 36.7 Å². The summed E-state index contributed by atoms with van der Waals surface area (Å²) in [7, 11) is 5.46. The van der Waals surface area contributed by atoms with Gasteiger partial charge in [-0.05, 0) is 38.5 Å². The lowest BCUT2D eigenvalue weighted by molar-refractivity contribution is -0.887. The number of carbonyl (C=O) groups excluding carboxylic acids is 2. The maximum absolute atomic E-state index is 12.4. The van der Waals surface area contributed by atoms with Gasteiger partial charge in [0.25, 0.3) is 0 Å². The Morgan fingerprint density at radius 1 is 0.756 bits per heavy atom. The Balaban J connectivity index is 4.60. The van der Waals surface area contributed by atoms with Gasteiger partial charge in [-0.15, -0.1) is 0 Å². The molecule has 0 radical (unpaired) electrons.